The molecule has 0 fully saturated rings. The van der Waals surface area contributed by atoms with Gasteiger partial charge in [-0.15, -0.1) is 0 Å². The van der Waals surface area contributed by atoms with Gasteiger partial charge >= 0.3 is 0 Å². The van der Waals surface area contributed by atoms with Crippen LogP contribution in [0.4, 0.5) is 0 Å². The minimum atomic E-state index is -0.333. The Kier molecular flexibility index (Phi) is 8.91. The zero-order valence-electron chi connectivity index (χ0n) is 16.7. The van der Waals surface area contributed by atoms with E-state index in [0.29, 0.717) is 6.61 Å². The van der Waals surface area contributed by atoms with Gasteiger partial charge in [-0.25, -0.2) is 0 Å². The first-order chi connectivity index (χ1) is 12.9. The average Bonchev–Trinajstić information content (AvgIpc) is 2.66. The first-order valence-electron chi connectivity index (χ1n) is 9.51. The van der Waals surface area contributed by atoms with E-state index in [1.54, 1.807) is 0 Å². The summed E-state index contributed by atoms with van der Waals surface area (Å²) in [5.74, 6) is 0. The molecule has 0 radical (unpaired) electrons. The standard InChI is InChI=1S/C24H32OP2/c1-19(2)9-7-10-20(3)15-16-24(26,27)25-18-21-11-8-14-23(17-21)22-12-5-4-6-13-22/h4-6,8-9,11-15,17H,7,10,16,18,26-27H2,1-3H3/b20-15+. The number of hydrogen-bond acceptors (Lipinski definition) is 1. The van der Waals surface area contributed by atoms with Crippen molar-refractivity contribution in [1.82, 2.24) is 0 Å². The fourth-order valence-electron chi connectivity index (χ4n) is 2.77. The summed E-state index contributed by atoms with van der Waals surface area (Å²) < 4.78 is 6.17. The van der Waals surface area contributed by atoms with E-state index in [4.69, 9.17) is 4.74 Å². The molecule has 144 valence electrons. The minimum Gasteiger partial charge on any atom is -0.362 e. The summed E-state index contributed by atoms with van der Waals surface area (Å²) in [5, 5.41) is -0.333. The topological polar surface area (TPSA) is 9.23 Å². The van der Waals surface area contributed by atoms with Crippen LogP contribution in [0, 0.1) is 0 Å². The summed E-state index contributed by atoms with van der Waals surface area (Å²) in [7, 11) is 5.67. The quantitative estimate of drug-likeness (QED) is 0.317. The van der Waals surface area contributed by atoms with E-state index in [9.17, 15) is 0 Å². The molecular formula is C24H32OP2. The van der Waals surface area contributed by atoms with E-state index in [-0.39, 0.29) is 5.08 Å². The largest absolute Gasteiger partial charge is 0.362 e. The van der Waals surface area contributed by atoms with Crippen LogP contribution in [-0.2, 0) is 11.3 Å². The third kappa shape index (κ3) is 8.52. The number of hydrogen-bond donors (Lipinski definition) is 0. The Labute approximate surface area is 169 Å². The molecule has 2 aromatic rings. The molecule has 2 atom stereocenters. The van der Waals surface area contributed by atoms with Crippen LogP contribution >= 0.6 is 18.5 Å². The monoisotopic (exact) mass is 398 g/mol. The molecule has 0 aliphatic heterocycles. The van der Waals surface area contributed by atoms with Gasteiger partial charge in [0.25, 0.3) is 0 Å². The summed E-state index contributed by atoms with van der Waals surface area (Å²) in [4.78, 5) is 0. The maximum Gasteiger partial charge on any atom is 0.0978 e. The van der Waals surface area contributed by atoms with Crippen LogP contribution in [0.15, 0.2) is 77.9 Å². The summed E-state index contributed by atoms with van der Waals surface area (Å²) in [6, 6.07) is 19.0. The van der Waals surface area contributed by atoms with E-state index in [1.807, 2.05) is 6.07 Å². The first kappa shape index (κ1) is 22.0. The second-order valence-corrected chi connectivity index (χ2v) is 10.0. The Morgan fingerprint density at radius 2 is 1.63 bits per heavy atom. The lowest BCUT2D eigenvalue weighted by molar-refractivity contribution is 0.0761. The van der Waals surface area contributed by atoms with Crippen LogP contribution in [0.3, 0.4) is 0 Å². The van der Waals surface area contributed by atoms with Gasteiger partial charge in [0.05, 0.1) is 11.7 Å². The Morgan fingerprint density at radius 1 is 0.926 bits per heavy atom. The highest BCUT2D eigenvalue weighted by Gasteiger charge is 2.17. The highest BCUT2D eigenvalue weighted by molar-refractivity contribution is 7.39. The molecule has 0 aromatic heterocycles. The number of rotatable bonds is 9. The van der Waals surface area contributed by atoms with Gasteiger partial charge < -0.3 is 4.74 Å². The maximum absolute atomic E-state index is 6.17. The fraction of sp³-hybridized carbons (Fsp3) is 0.333. The summed E-state index contributed by atoms with van der Waals surface area (Å²) >= 11 is 0. The van der Waals surface area contributed by atoms with Crippen molar-refractivity contribution in [2.24, 2.45) is 0 Å². The molecular weight excluding hydrogens is 366 g/mol. The predicted octanol–water partition coefficient (Wildman–Crippen LogP) is 7.36. The van der Waals surface area contributed by atoms with Gasteiger partial charge in [-0.3, -0.25) is 0 Å². The van der Waals surface area contributed by atoms with E-state index in [2.05, 4.69) is 99.9 Å². The second kappa shape index (κ2) is 10.9. The highest BCUT2D eigenvalue weighted by atomic mass is 31.1. The lowest BCUT2D eigenvalue weighted by atomic mass is 10.0. The highest BCUT2D eigenvalue weighted by Crippen LogP contribution is 2.34. The normalized spacial score (nSPS) is 12.1. The van der Waals surface area contributed by atoms with Crippen molar-refractivity contribution >= 4 is 18.5 Å². The molecule has 2 unspecified atom stereocenters. The predicted molar refractivity (Wildman–Crippen MR) is 126 cm³/mol. The van der Waals surface area contributed by atoms with Gasteiger partial charge in [-0.05, 0) is 56.4 Å². The molecule has 0 aliphatic carbocycles. The Morgan fingerprint density at radius 3 is 2.33 bits per heavy atom. The fourth-order valence-corrected chi connectivity index (χ4v) is 3.17. The molecule has 27 heavy (non-hydrogen) atoms. The van der Waals surface area contributed by atoms with E-state index in [1.165, 1.54) is 27.8 Å². The zero-order chi connectivity index (χ0) is 19.7. The Balaban J connectivity index is 1.90. The average molecular weight is 398 g/mol. The third-order valence-corrected chi connectivity index (χ3v) is 5.21. The van der Waals surface area contributed by atoms with Crippen LogP contribution in [0.2, 0.25) is 0 Å². The molecule has 0 N–H and O–H groups in total. The Hall–Kier alpha value is -1.26. The summed E-state index contributed by atoms with van der Waals surface area (Å²) in [5.41, 5.74) is 6.45. The van der Waals surface area contributed by atoms with Crippen molar-refractivity contribution in [3.05, 3.63) is 83.5 Å². The van der Waals surface area contributed by atoms with Crippen molar-refractivity contribution in [3.8, 4) is 11.1 Å². The summed E-state index contributed by atoms with van der Waals surface area (Å²) in [6.45, 7) is 7.10. The lowest BCUT2D eigenvalue weighted by Crippen LogP contribution is -2.15. The minimum absolute atomic E-state index is 0.333. The van der Waals surface area contributed by atoms with E-state index >= 15 is 0 Å². The molecule has 0 saturated carbocycles. The molecule has 0 aliphatic rings. The smallest absolute Gasteiger partial charge is 0.0978 e. The van der Waals surface area contributed by atoms with Gasteiger partial charge in [-0.2, -0.15) is 0 Å². The van der Waals surface area contributed by atoms with Crippen LogP contribution in [0.25, 0.3) is 11.1 Å². The molecule has 0 amide bonds. The van der Waals surface area contributed by atoms with E-state index in [0.717, 1.165) is 19.3 Å². The van der Waals surface area contributed by atoms with Crippen LogP contribution in [0.1, 0.15) is 45.6 Å². The molecule has 0 saturated heterocycles. The number of allylic oxidation sites excluding steroid dienone is 3. The van der Waals surface area contributed by atoms with Crippen molar-refractivity contribution in [3.63, 3.8) is 0 Å². The van der Waals surface area contributed by atoms with Crippen molar-refractivity contribution in [2.75, 3.05) is 0 Å². The van der Waals surface area contributed by atoms with Crippen molar-refractivity contribution in [1.29, 1.82) is 0 Å². The zero-order valence-corrected chi connectivity index (χ0v) is 19.1. The third-order valence-electron chi connectivity index (χ3n) is 4.40. The summed E-state index contributed by atoms with van der Waals surface area (Å²) in [6.07, 6.45) is 7.66. The first-order valence-corrected chi connectivity index (χ1v) is 10.7. The lowest BCUT2D eigenvalue weighted by Gasteiger charge is -2.24. The molecule has 3 heteroatoms. The number of benzene rings is 2. The van der Waals surface area contributed by atoms with Crippen molar-refractivity contribution < 1.29 is 4.74 Å². The van der Waals surface area contributed by atoms with Crippen LogP contribution < -0.4 is 0 Å². The second-order valence-electron chi connectivity index (χ2n) is 7.38. The SMILES string of the molecule is CC(C)=CCC/C(C)=C/CC(P)(P)OCc1cccc(-c2ccccc2)c1. The molecule has 2 aromatic carbocycles. The molecule has 0 heterocycles. The molecule has 0 bridgehead atoms. The van der Waals surface area contributed by atoms with Gasteiger partial charge in [0.1, 0.15) is 0 Å². The van der Waals surface area contributed by atoms with Crippen LogP contribution in [-0.4, -0.2) is 5.08 Å². The van der Waals surface area contributed by atoms with Gasteiger partial charge in [0, 0.05) is 6.42 Å². The van der Waals surface area contributed by atoms with Crippen molar-refractivity contribution in [2.45, 2.75) is 51.7 Å². The molecule has 2 rings (SSSR count). The number of ether oxygens (including phenoxy) is 1. The van der Waals surface area contributed by atoms with Crippen LogP contribution in [0.5, 0.6) is 0 Å². The van der Waals surface area contributed by atoms with Gasteiger partial charge in [0.2, 0.25) is 0 Å². The molecule has 0 spiro atoms. The van der Waals surface area contributed by atoms with Gasteiger partial charge in [0.15, 0.2) is 0 Å². The Bertz CT molecular complexity index is 772. The van der Waals surface area contributed by atoms with Gasteiger partial charge in [-0.1, -0.05) is 90.3 Å². The molecule has 1 nitrogen and oxygen atoms in total. The maximum atomic E-state index is 6.17. The van der Waals surface area contributed by atoms with E-state index < -0.39 is 0 Å².